The van der Waals surface area contributed by atoms with E-state index in [1.165, 1.54) is 5.56 Å². The summed E-state index contributed by atoms with van der Waals surface area (Å²) in [7, 11) is 0. The summed E-state index contributed by atoms with van der Waals surface area (Å²) in [6, 6.07) is 28.7. The molecule has 0 atom stereocenters. The number of hydrogen-bond donors (Lipinski definition) is 1. The summed E-state index contributed by atoms with van der Waals surface area (Å²) in [4.78, 5) is 0. The van der Waals surface area contributed by atoms with E-state index in [1.54, 1.807) is 0 Å². The highest BCUT2D eigenvalue weighted by atomic mass is 79.9. The lowest BCUT2D eigenvalue weighted by Crippen LogP contribution is -2.08. The number of hydrazone groups is 1. The Labute approximate surface area is 145 Å². The summed E-state index contributed by atoms with van der Waals surface area (Å²) in [5.41, 5.74) is 7.51. The lowest BCUT2D eigenvalue weighted by Gasteiger charge is -2.09. The molecule has 3 aromatic carbocycles. The number of nitrogens with zero attached hydrogens (tertiary/aromatic N) is 1. The molecule has 0 bridgehead atoms. The largest absolute Gasteiger partial charge is 0.278 e. The smallest absolute Gasteiger partial charge is 0.0723 e. The van der Waals surface area contributed by atoms with Crippen LogP contribution in [-0.2, 0) is 6.42 Å². The number of anilines is 1. The third-order valence-corrected chi connectivity index (χ3v) is 4.01. The normalized spacial score (nSPS) is 11.3. The molecule has 1 N–H and O–H groups in total. The second-order valence-electron chi connectivity index (χ2n) is 5.21. The Morgan fingerprint density at radius 1 is 0.783 bits per heavy atom. The van der Waals surface area contributed by atoms with Gasteiger partial charge in [0.15, 0.2) is 0 Å². The van der Waals surface area contributed by atoms with E-state index in [0.717, 1.165) is 27.9 Å². The van der Waals surface area contributed by atoms with Gasteiger partial charge in [0.25, 0.3) is 0 Å². The van der Waals surface area contributed by atoms with Crippen molar-refractivity contribution in [1.29, 1.82) is 0 Å². The third kappa shape index (κ3) is 4.54. The van der Waals surface area contributed by atoms with Crippen molar-refractivity contribution in [2.75, 3.05) is 5.43 Å². The Morgan fingerprint density at radius 2 is 1.39 bits per heavy atom. The van der Waals surface area contributed by atoms with E-state index in [9.17, 15) is 0 Å². The summed E-state index contributed by atoms with van der Waals surface area (Å²) < 4.78 is 1.06. The number of nitrogens with one attached hydrogen (secondary N) is 1. The first kappa shape index (κ1) is 15.5. The molecule has 0 saturated heterocycles. The highest BCUT2D eigenvalue weighted by Gasteiger charge is 2.05. The molecule has 2 nitrogen and oxygen atoms in total. The molecule has 114 valence electrons. The topological polar surface area (TPSA) is 24.4 Å². The van der Waals surface area contributed by atoms with Gasteiger partial charge in [0, 0.05) is 10.9 Å². The number of hydrogen-bond acceptors (Lipinski definition) is 2. The standard InChI is InChI=1S/C20H17BrN2/c21-18-11-13-19(14-12-18)22-23-20(17-9-5-2-6-10-17)15-16-7-3-1-4-8-16/h1-14,22H,15H2. The summed E-state index contributed by atoms with van der Waals surface area (Å²) in [5, 5.41) is 4.64. The predicted molar refractivity (Wildman–Crippen MR) is 101 cm³/mol. The molecule has 3 aromatic rings. The average Bonchev–Trinajstić information content (AvgIpc) is 2.61. The van der Waals surface area contributed by atoms with Crippen molar-refractivity contribution in [2.24, 2.45) is 5.10 Å². The molecule has 0 aliphatic carbocycles. The summed E-state index contributed by atoms with van der Waals surface area (Å²) in [6.45, 7) is 0. The third-order valence-electron chi connectivity index (χ3n) is 3.49. The van der Waals surface area contributed by atoms with Crippen LogP contribution in [0.25, 0.3) is 0 Å². The van der Waals surface area contributed by atoms with Crippen LogP contribution in [0.3, 0.4) is 0 Å². The quantitative estimate of drug-likeness (QED) is 0.468. The average molecular weight is 365 g/mol. The maximum absolute atomic E-state index is 4.64. The van der Waals surface area contributed by atoms with Crippen LogP contribution in [0.5, 0.6) is 0 Å². The Hall–Kier alpha value is -2.39. The van der Waals surface area contributed by atoms with E-state index >= 15 is 0 Å². The lowest BCUT2D eigenvalue weighted by molar-refractivity contribution is 1.24. The number of benzene rings is 3. The van der Waals surface area contributed by atoms with E-state index in [1.807, 2.05) is 48.5 Å². The molecule has 0 aliphatic heterocycles. The van der Waals surface area contributed by atoms with Gasteiger partial charge in [-0.2, -0.15) is 5.10 Å². The number of halogens is 1. The van der Waals surface area contributed by atoms with E-state index in [4.69, 9.17) is 0 Å². The molecular formula is C20H17BrN2. The van der Waals surface area contributed by atoms with Crippen LogP contribution in [0.1, 0.15) is 11.1 Å². The molecule has 0 radical (unpaired) electrons. The molecule has 23 heavy (non-hydrogen) atoms. The summed E-state index contributed by atoms with van der Waals surface area (Å²) in [6.07, 6.45) is 0.786. The van der Waals surface area contributed by atoms with Crippen molar-refractivity contribution in [3.05, 3.63) is 101 Å². The van der Waals surface area contributed by atoms with Gasteiger partial charge in [-0.1, -0.05) is 76.6 Å². The first-order chi connectivity index (χ1) is 11.3. The van der Waals surface area contributed by atoms with E-state index in [0.29, 0.717) is 0 Å². The van der Waals surface area contributed by atoms with E-state index in [-0.39, 0.29) is 0 Å². The van der Waals surface area contributed by atoms with Crippen molar-refractivity contribution in [3.8, 4) is 0 Å². The van der Waals surface area contributed by atoms with Crippen LogP contribution in [-0.4, -0.2) is 5.71 Å². The maximum Gasteiger partial charge on any atom is 0.0723 e. The van der Waals surface area contributed by atoms with Crippen LogP contribution in [0.2, 0.25) is 0 Å². The minimum Gasteiger partial charge on any atom is -0.278 e. The monoisotopic (exact) mass is 364 g/mol. The minimum absolute atomic E-state index is 0.786. The second-order valence-corrected chi connectivity index (χ2v) is 6.12. The first-order valence-electron chi connectivity index (χ1n) is 7.49. The highest BCUT2D eigenvalue weighted by Crippen LogP contribution is 2.15. The fraction of sp³-hybridized carbons (Fsp3) is 0.0500. The highest BCUT2D eigenvalue weighted by molar-refractivity contribution is 9.10. The molecule has 3 heteroatoms. The molecule has 0 saturated carbocycles. The zero-order valence-corrected chi connectivity index (χ0v) is 14.2. The van der Waals surface area contributed by atoms with Gasteiger partial charge in [-0.25, -0.2) is 0 Å². The van der Waals surface area contributed by atoms with Crippen LogP contribution in [0.15, 0.2) is 94.5 Å². The molecule has 0 heterocycles. The minimum atomic E-state index is 0.786. The van der Waals surface area contributed by atoms with Gasteiger partial charge in [-0.05, 0) is 35.4 Å². The van der Waals surface area contributed by atoms with Gasteiger partial charge in [-0.3, -0.25) is 5.43 Å². The SMILES string of the molecule is Brc1ccc(NN=C(Cc2ccccc2)c2ccccc2)cc1. The van der Waals surface area contributed by atoms with Crippen molar-refractivity contribution in [3.63, 3.8) is 0 Å². The van der Waals surface area contributed by atoms with Gasteiger partial charge in [-0.15, -0.1) is 0 Å². The fourth-order valence-electron chi connectivity index (χ4n) is 2.28. The lowest BCUT2D eigenvalue weighted by atomic mass is 10.0. The maximum atomic E-state index is 4.64. The van der Waals surface area contributed by atoms with Crippen molar-refractivity contribution in [2.45, 2.75) is 6.42 Å². The summed E-state index contributed by atoms with van der Waals surface area (Å²) >= 11 is 3.44. The van der Waals surface area contributed by atoms with Crippen LogP contribution in [0.4, 0.5) is 5.69 Å². The van der Waals surface area contributed by atoms with Gasteiger partial charge in [0.2, 0.25) is 0 Å². The molecule has 0 aromatic heterocycles. The Bertz CT molecular complexity index is 766. The van der Waals surface area contributed by atoms with Crippen molar-refractivity contribution in [1.82, 2.24) is 0 Å². The molecule has 0 amide bonds. The number of rotatable bonds is 5. The second kappa shape index (κ2) is 7.75. The van der Waals surface area contributed by atoms with Crippen LogP contribution < -0.4 is 5.43 Å². The van der Waals surface area contributed by atoms with Crippen LogP contribution in [0, 0.1) is 0 Å². The van der Waals surface area contributed by atoms with E-state index < -0.39 is 0 Å². The molecule has 0 aliphatic rings. The van der Waals surface area contributed by atoms with Gasteiger partial charge < -0.3 is 0 Å². The van der Waals surface area contributed by atoms with Crippen LogP contribution >= 0.6 is 15.9 Å². The van der Waals surface area contributed by atoms with Gasteiger partial charge in [0.1, 0.15) is 0 Å². The zero-order valence-electron chi connectivity index (χ0n) is 12.6. The molecule has 0 spiro atoms. The fourth-order valence-corrected chi connectivity index (χ4v) is 2.55. The van der Waals surface area contributed by atoms with E-state index in [2.05, 4.69) is 62.9 Å². The van der Waals surface area contributed by atoms with Gasteiger partial charge in [0.05, 0.1) is 11.4 Å². The Balaban J connectivity index is 1.85. The Kier molecular flexibility index (Phi) is 5.22. The van der Waals surface area contributed by atoms with Crippen molar-refractivity contribution >= 4 is 27.3 Å². The molecular weight excluding hydrogens is 348 g/mol. The summed E-state index contributed by atoms with van der Waals surface area (Å²) in [5.74, 6) is 0. The predicted octanol–water partition coefficient (Wildman–Crippen LogP) is 5.51. The van der Waals surface area contributed by atoms with Crippen molar-refractivity contribution < 1.29 is 0 Å². The molecule has 0 unspecified atom stereocenters. The zero-order chi connectivity index (χ0) is 15.9. The molecule has 0 fully saturated rings. The molecule has 3 rings (SSSR count). The first-order valence-corrected chi connectivity index (χ1v) is 8.28. The Morgan fingerprint density at radius 3 is 2.04 bits per heavy atom. The van der Waals surface area contributed by atoms with Gasteiger partial charge >= 0.3 is 0 Å².